The lowest BCUT2D eigenvalue weighted by Crippen LogP contribution is -2.53. The van der Waals surface area contributed by atoms with Gasteiger partial charge in [0.05, 0.1) is 0 Å². The molecule has 3 nitrogen and oxygen atoms in total. The number of likely N-dealkylation sites (tertiary alicyclic amines) is 1. The van der Waals surface area contributed by atoms with Gasteiger partial charge in [-0.25, -0.2) is 4.39 Å². The van der Waals surface area contributed by atoms with E-state index in [2.05, 4.69) is 18.9 Å². The van der Waals surface area contributed by atoms with Gasteiger partial charge in [-0.05, 0) is 38.6 Å². The largest absolute Gasteiger partial charge is 0.487 e. The smallest absolute Gasteiger partial charge is 0.125 e. The summed E-state index contributed by atoms with van der Waals surface area (Å²) in [6.07, 6.45) is 2.74. The molecule has 3 rings (SSSR count). The lowest BCUT2D eigenvalue weighted by molar-refractivity contribution is -0.0358. The molecule has 0 bridgehead atoms. The molecule has 1 aromatic carbocycles. The van der Waals surface area contributed by atoms with Gasteiger partial charge >= 0.3 is 0 Å². The van der Waals surface area contributed by atoms with E-state index >= 15 is 0 Å². The van der Waals surface area contributed by atoms with Gasteiger partial charge in [0, 0.05) is 37.0 Å². The van der Waals surface area contributed by atoms with Crippen molar-refractivity contribution in [3.05, 3.63) is 29.6 Å². The molecule has 1 spiro atoms. The minimum absolute atomic E-state index is 0.130. The highest BCUT2D eigenvalue weighted by Crippen LogP contribution is 2.44. The second-order valence-corrected chi connectivity index (χ2v) is 6.06. The second kappa shape index (κ2) is 4.46. The quantitative estimate of drug-likeness (QED) is 0.782. The van der Waals surface area contributed by atoms with Crippen LogP contribution in [0.5, 0.6) is 5.75 Å². The maximum absolute atomic E-state index is 13.3. The molecule has 19 heavy (non-hydrogen) atoms. The van der Waals surface area contributed by atoms with E-state index in [0.717, 1.165) is 37.1 Å². The summed E-state index contributed by atoms with van der Waals surface area (Å²) < 4.78 is 19.5. The Bertz CT molecular complexity index is 493. The molecular weight excluding hydrogens is 243 g/mol. The molecule has 3 unspecified atom stereocenters. The van der Waals surface area contributed by atoms with E-state index in [1.54, 1.807) is 6.07 Å². The molecule has 2 N–H and O–H groups in total. The molecule has 2 heterocycles. The molecular formula is C15H21FN2O. The van der Waals surface area contributed by atoms with Crippen LogP contribution in [0.4, 0.5) is 4.39 Å². The highest BCUT2D eigenvalue weighted by molar-refractivity contribution is 5.39. The van der Waals surface area contributed by atoms with Crippen LogP contribution >= 0.6 is 0 Å². The van der Waals surface area contributed by atoms with Gasteiger partial charge in [-0.15, -0.1) is 0 Å². The molecule has 0 aliphatic carbocycles. The van der Waals surface area contributed by atoms with Crippen molar-refractivity contribution in [3.63, 3.8) is 0 Å². The molecule has 1 fully saturated rings. The minimum Gasteiger partial charge on any atom is -0.487 e. The number of rotatable bonds is 0. The van der Waals surface area contributed by atoms with Crippen LogP contribution in [0.25, 0.3) is 0 Å². The average molecular weight is 264 g/mol. The van der Waals surface area contributed by atoms with Gasteiger partial charge in [0.15, 0.2) is 0 Å². The Kier molecular flexibility index (Phi) is 3.02. The number of halogens is 1. The number of hydrogen-bond acceptors (Lipinski definition) is 3. The average Bonchev–Trinajstić information content (AvgIpc) is 2.36. The predicted octanol–water partition coefficient (Wildman–Crippen LogP) is 2.46. The zero-order valence-corrected chi connectivity index (χ0v) is 11.5. The van der Waals surface area contributed by atoms with Gasteiger partial charge in [-0.2, -0.15) is 0 Å². The fraction of sp³-hybridized carbons (Fsp3) is 0.600. The van der Waals surface area contributed by atoms with Crippen LogP contribution in [-0.4, -0.2) is 30.1 Å². The van der Waals surface area contributed by atoms with Crippen molar-refractivity contribution in [1.29, 1.82) is 0 Å². The molecule has 0 aromatic heterocycles. The van der Waals surface area contributed by atoms with Crippen LogP contribution in [0, 0.1) is 5.82 Å². The van der Waals surface area contributed by atoms with Crippen LogP contribution in [-0.2, 0) is 0 Å². The Morgan fingerprint density at radius 3 is 2.95 bits per heavy atom. The van der Waals surface area contributed by atoms with Gasteiger partial charge in [-0.3, -0.25) is 0 Å². The fourth-order valence-corrected chi connectivity index (χ4v) is 3.36. The molecule has 104 valence electrons. The van der Waals surface area contributed by atoms with E-state index in [1.165, 1.54) is 12.1 Å². The first-order valence-electron chi connectivity index (χ1n) is 6.93. The van der Waals surface area contributed by atoms with Gasteiger partial charge in [0.25, 0.3) is 0 Å². The Labute approximate surface area is 113 Å². The third-order valence-electron chi connectivity index (χ3n) is 4.63. The van der Waals surface area contributed by atoms with E-state index in [1.807, 2.05) is 0 Å². The number of fused-ring (bicyclic) bond motifs is 1. The zero-order valence-electron chi connectivity index (χ0n) is 11.5. The number of ether oxygens (including phenoxy) is 1. The van der Waals surface area contributed by atoms with E-state index < -0.39 is 0 Å². The molecule has 2 aliphatic rings. The molecule has 1 aromatic rings. The van der Waals surface area contributed by atoms with E-state index in [9.17, 15) is 4.39 Å². The third kappa shape index (κ3) is 2.23. The van der Waals surface area contributed by atoms with Crippen molar-refractivity contribution in [3.8, 4) is 5.75 Å². The molecule has 3 atom stereocenters. The van der Waals surface area contributed by atoms with E-state index in [4.69, 9.17) is 10.5 Å². The topological polar surface area (TPSA) is 38.5 Å². The van der Waals surface area contributed by atoms with E-state index in [-0.39, 0.29) is 17.5 Å². The Hall–Kier alpha value is -1.13. The Morgan fingerprint density at radius 1 is 1.42 bits per heavy atom. The number of piperidine rings is 1. The first kappa shape index (κ1) is 12.9. The molecule has 1 saturated heterocycles. The Balaban J connectivity index is 1.90. The van der Waals surface area contributed by atoms with Crippen LogP contribution < -0.4 is 10.5 Å². The Morgan fingerprint density at radius 2 is 2.21 bits per heavy atom. The van der Waals surface area contributed by atoms with E-state index in [0.29, 0.717) is 6.04 Å². The zero-order chi connectivity index (χ0) is 13.6. The summed E-state index contributed by atoms with van der Waals surface area (Å²) in [5.74, 6) is 0.516. The lowest BCUT2D eigenvalue weighted by Gasteiger charge is -2.48. The first-order chi connectivity index (χ1) is 8.99. The summed E-state index contributed by atoms with van der Waals surface area (Å²) in [5.41, 5.74) is 6.87. The highest BCUT2D eigenvalue weighted by atomic mass is 19.1. The standard InChI is InChI=1S/C15H21FN2O/c1-10-8-15(5-6-18(10)2)9-13(17)12-7-11(16)3-4-14(12)19-15/h3-4,7,10,13H,5-6,8-9,17H2,1-2H3. The van der Waals surface area contributed by atoms with Crippen molar-refractivity contribution in [2.24, 2.45) is 5.73 Å². The van der Waals surface area contributed by atoms with Gasteiger partial charge < -0.3 is 15.4 Å². The number of hydrogen-bond donors (Lipinski definition) is 1. The minimum atomic E-state index is -0.245. The van der Waals surface area contributed by atoms with Crippen molar-refractivity contribution in [1.82, 2.24) is 4.90 Å². The van der Waals surface area contributed by atoms with Crippen LogP contribution in [0.15, 0.2) is 18.2 Å². The SMILES string of the molecule is CC1CC2(CCN1C)CC(N)c1cc(F)ccc1O2. The first-order valence-corrected chi connectivity index (χ1v) is 6.93. The highest BCUT2D eigenvalue weighted by Gasteiger charge is 2.44. The lowest BCUT2D eigenvalue weighted by atomic mass is 9.78. The summed E-state index contributed by atoms with van der Waals surface area (Å²) in [7, 11) is 2.14. The third-order valence-corrected chi connectivity index (χ3v) is 4.63. The second-order valence-electron chi connectivity index (χ2n) is 6.06. The van der Waals surface area contributed by atoms with Crippen molar-refractivity contribution in [2.45, 2.75) is 43.9 Å². The monoisotopic (exact) mass is 264 g/mol. The maximum atomic E-state index is 13.3. The molecule has 4 heteroatoms. The van der Waals surface area contributed by atoms with Crippen molar-refractivity contribution in [2.75, 3.05) is 13.6 Å². The van der Waals surface area contributed by atoms with Crippen molar-refractivity contribution >= 4 is 0 Å². The van der Waals surface area contributed by atoms with Crippen LogP contribution in [0.3, 0.4) is 0 Å². The fourth-order valence-electron chi connectivity index (χ4n) is 3.36. The molecule has 0 saturated carbocycles. The van der Waals surface area contributed by atoms with Gasteiger partial charge in [0.2, 0.25) is 0 Å². The van der Waals surface area contributed by atoms with Gasteiger partial charge in [-0.1, -0.05) is 0 Å². The number of benzene rings is 1. The summed E-state index contributed by atoms with van der Waals surface area (Å²) >= 11 is 0. The summed E-state index contributed by atoms with van der Waals surface area (Å²) in [4.78, 5) is 2.35. The molecule has 2 aliphatic heterocycles. The normalized spacial score (nSPS) is 34.9. The summed E-state index contributed by atoms with van der Waals surface area (Å²) in [6.45, 7) is 3.24. The predicted molar refractivity (Wildman–Crippen MR) is 72.6 cm³/mol. The molecule has 0 radical (unpaired) electrons. The summed E-state index contributed by atoms with van der Waals surface area (Å²) in [5, 5.41) is 0. The number of nitrogens with zero attached hydrogens (tertiary/aromatic N) is 1. The van der Waals surface area contributed by atoms with Crippen molar-refractivity contribution < 1.29 is 9.13 Å². The number of nitrogens with two attached hydrogens (primary N) is 1. The van der Waals surface area contributed by atoms with Crippen LogP contribution in [0.2, 0.25) is 0 Å². The maximum Gasteiger partial charge on any atom is 0.125 e. The van der Waals surface area contributed by atoms with Gasteiger partial charge in [0.1, 0.15) is 17.2 Å². The molecule has 0 amide bonds. The summed E-state index contributed by atoms with van der Waals surface area (Å²) in [6, 6.07) is 5.03. The van der Waals surface area contributed by atoms with Crippen LogP contribution in [0.1, 0.15) is 37.8 Å².